The molecule has 0 saturated heterocycles. The van der Waals surface area contributed by atoms with Crippen molar-refractivity contribution in [3.8, 4) is 17.0 Å². The Labute approximate surface area is 115 Å². The lowest BCUT2D eigenvalue weighted by molar-refractivity contribution is 0.0696. The maximum atomic E-state index is 11.5. The van der Waals surface area contributed by atoms with Crippen LogP contribution in [0.15, 0.2) is 29.1 Å². The maximum absolute atomic E-state index is 11.5. The number of nitrogens with one attached hydrogen (secondary N) is 1. The van der Waals surface area contributed by atoms with E-state index in [1.54, 1.807) is 24.3 Å². The van der Waals surface area contributed by atoms with Crippen molar-refractivity contribution in [1.82, 2.24) is 9.97 Å². The summed E-state index contributed by atoms with van der Waals surface area (Å²) in [6, 6.07) is 6.90. The largest absolute Gasteiger partial charge is 0.493 e. The zero-order chi connectivity index (χ0) is 14.7. The molecule has 0 aliphatic carbocycles. The van der Waals surface area contributed by atoms with Crippen LogP contribution < -0.4 is 10.4 Å². The summed E-state index contributed by atoms with van der Waals surface area (Å²) >= 11 is 0. The van der Waals surface area contributed by atoms with Gasteiger partial charge in [-0.3, -0.25) is 0 Å². The van der Waals surface area contributed by atoms with Gasteiger partial charge in [0.15, 0.2) is 0 Å². The standard InChI is InChI=1S/C14H14N2O4/c1-3-20-10-7-5-4-6-9(10)12-11(13(17)18)8(2)15-14(19)16-12/h4-7H,3H2,1-2H3,(H,17,18)(H,15,16,19). The smallest absolute Gasteiger partial charge is 0.345 e. The van der Waals surface area contributed by atoms with Crippen LogP contribution in [0.4, 0.5) is 0 Å². The molecule has 1 aromatic carbocycles. The molecular weight excluding hydrogens is 260 g/mol. The van der Waals surface area contributed by atoms with Crippen LogP contribution in [0.5, 0.6) is 5.75 Å². The van der Waals surface area contributed by atoms with Gasteiger partial charge in [0, 0.05) is 11.3 Å². The van der Waals surface area contributed by atoms with Crippen molar-refractivity contribution in [2.45, 2.75) is 13.8 Å². The number of hydrogen-bond acceptors (Lipinski definition) is 4. The van der Waals surface area contributed by atoms with Crippen molar-refractivity contribution in [2.75, 3.05) is 6.61 Å². The summed E-state index contributed by atoms with van der Waals surface area (Å²) in [6.45, 7) is 3.78. The van der Waals surface area contributed by atoms with Gasteiger partial charge in [-0.25, -0.2) is 9.59 Å². The van der Waals surface area contributed by atoms with Crippen molar-refractivity contribution >= 4 is 5.97 Å². The average Bonchev–Trinajstić information content (AvgIpc) is 2.38. The van der Waals surface area contributed by atoms with E-state index in [1.807, 2.05) is 6.92 Å². The number of ether oxygens (including phenoxy) is 1. The molecule has 0 aliphatic heterocycles. The molecule has 0 amide bonds. The fourth-order valence-corrected chi connectivity index (χ4v) is 1.99. The van der Waals surface area contributed by atoms with Gasteiger partial charge in [0.05, 0.1) is 12.3 Å². The summed E-state index contributed by atoms with van der Waals surface area (Å²) < 4.78 is 5.46. The molecule has 0 bridgehead atoms. The number of aromatic amines is 1. The Morgan fingerprint density at radius 3 is 2.75 bits per heavy atom. The van der Waals surface area contributed by atoms with Crippen LogP contribution in [-0.2, 0) is 0 Å². The van der Waals surface area contributed by atoms with Crippen molar-refractivity contribution in [2.24, 2.45) is 0 Å². The van der Waals surface area contributed by atoms with Crippen LogP contribution >= 0.6 is 0 Å². The van der Waals surface area contributed by atoms with Crippen molar-refractivity contribution in [3.63, 3.8) is 0 Å². The monoisotopic (exact) mass is 274 g/mol. The Bertz CT molecular complexity index is 707. The van der Waals surface area contributed by atoms with E-state index in [9.17, 15) is 14.7 Å². The number of rotatable bonds is 4. The van der Waals surface area contributed by atoms with Gasteiger partial charge in [0.1, 0.15) is 11.3 Å². The van der Waals surface area contributed by atoms with E-state index in [2.05, 4.69) is 9.97 Å². The van der Waals surface area contributed by atoms with Gasteiger partial charge in [0.25, 0.3) is 0 Å². The van der Waals surface area contributed by atoms with Crippen LogP contribution in [0.1, 0.15) is 23.0 Å². The van der Waals surface area contributed by atoms with Gasteiger partial charge in [-0.1, -0.05) is 12.1 Å². The fraction of sp³-hybridized carbons (Fsp3) is 0.214. The van der Waals surface area contributed by atoms with E-state index in [4.69, 9.17) is 4.74 Å². The number of hydrogen-bond donors (Lipinski definition) is 2. The number of H-pyrrole nitrogens is 1. The van der Waals surface area contributed by atoms with Crippen molar-refractivity contribution in [1.29, 1.82) is 0 Å². The normalized spacial score (nSPS) is 10.3. The van der Waals surface area contributed by atoms with Gasteiger partial charge >= 0.3 is 11.7 Å². The Hall–Kier alpha value is -2.63. The van der Waals surface area contributed by atoms with E-state index in [1.165, 1.54) is 6.92 Å². The molecule has 104 valence electrons. The quantitative estimate of drug-likeness (QED) is 0.887. The molecule has 1 heterocycles. The second kappa shape index (κ2) is 5.56. The molecule has 2 aromatic rings. The van der Waals surface area contributed by atoms with E-state index in [0.717, 1.165) is 0 Å². The molecule has 2 N–H and O–H groups in total. The highest BCUT2D eigenvalue weighted by atomic mass is 16.5. The fourth-order valence-electron chi connectivity index (χ4n) is 1.99. The number of nitrogens with zero attached hydrogens (tertiary/aromatic N) is 1. The number of para-hydroxylation sites is 1. The number of carboxylic acid groups (broad SMARTS) is 1. The average molecular weight is 274 g/mol. The Balaban J connectivity index is 2.75. The van der Waals surface area contributed by atoms with Crippen LogP contribution in [0.3, 0.4) is 0 Å². The third-order valence-corrected chi connectivity index (χ3v) is 2.78. The summed E-state index contributed by atoms with van der Waals surface area (Å²) in [4.78, 5) is 29.1. The first-order valence-electron chi connectivity index (χ1n) is 6.11. The number of aromatic nitrogens is 2. The minimum Gasteiger partial charge on any atom is -0.493 e. The van der Waals surface area contributed by atoms with Gasteiger partial charge in [-0.15, -0.1) is 0 Å². The van der Waals surface area contributed by atoms with Crippen LogP contribution in [0.25, 0.3) is 11.3 Å². The SMILES string of the molecule is CCOc1ccccc1-c1nc(=O)[nH]c(C)c1C(=O)O. The first kappa shape index (κ1) is 13.8. The summed E-state index contributed by atoms with van der Waals surface area (Å²) in [5.74, 6) is -0.650. The summed E-state index contributed by atoms with van der Waals surface area (Å²) in [5.41, 5.74) is 0.244. The molecule has 1 aromatic heterocycles. The minimum atomic E-state index is -1.15. The van der Waals surface area contributed by atoms with E-state index < -0.39 is 11.7 Å². The second-order valence-electron chi connectivity index (χ2n) is 4.12. The third-order valence-electron chi connectivity index (χ3n) is 2.78. The van der Waals surface area contributed by atoms with Crippen molar-refractivity contribution < 1.29 is 14.6 Å². The van der Waals surface area contributed by atoms with Crippen LogP contribution in [0.2, 0.25) is 0 Å². The number of aryl methyl sites for hydroxylation is 1. The predicted molar refractivity (Wildman–Crippen MR) is 73.2 cm³/mol. The number of carboxylic acids is 1. The third kappa shape index (κ3) is 2.54. The molecule has 0 spiro atoms. The molecular formula is C14H14N2O4. The molecule has 2 rings (SSSR count). The lowest BCUT2D eigenvalue weighted by Crippen LogP contribution is -2.18. The number of carbonyl (C=O) groups is 1. The molecule has 6 nitrogen and oxygen atoms in total. The summed E-state index contributed by atoms with van der Waals surface area (Å²) in [6.07, 6.45) is 0. The lowest BCUT2D eigenvalue weighted by Gasteiger charge is -2.12. The van der Waals surface area contributed by atoms with Crippen molar-refractivity contribution in [3.05, 3.63) is 46.0 Å². The van der Waals surface area contributed by atoms with E-state index in [0.29, 0.717) is 17.9 Å². The Morgan fingerprint density at radius 1 is 1.40 bits per heavy atom. The highest BCUT2D eigenvalue weighted by Crippen LogP contribution is 2.30. The molecule has 6 heteroatoms. The zero-order valence-corrected chi connectivity index (χ0v) is 11.1. The topological polar surface area (TPSA) is 92.3 Å². The number of benzene rings is 1. The first-order chi connectivity index (χ1) is 9.54. The molecule has 0 aliphatic rings. The maximum Gasteiger partial charge on any atom is 0.345 e. The van der Waals surface area contributed by atoms with Gasteiger partial charge in [-0.2, -0.15) is 4.98 Å². The molecule has 0 unspecified atom stereocenters. The van der Waals surface area contributed by atoms with Gasteiger partial charge in [-0.05, 0) is 26.0 Å². The van der Waals surface area contributed by atoms with E-state index >= 15 is 0 Å². The van der Waals surface area contributed by atoms with Crippen LogP contribution in [-0.4, -0.2) is 27.7 Å². The highest BCUT2D eigenvalue weighted by Gasteiger charge is 2.20. The van der Waals surface area contributed by atoms with Gasteiger partial charge < -0.3 is 14.8 Å². The Kier molecular flexibility index (Phi) is 3.84. The molecule has 0 saturated carbocycles. The molecule has 0 atom stereocenters. The minimum absolute atomic E-state index is 0.0308. The van der Waals surface area contributed by atoms with E-state index in [-0.39, 0.29) is 17.0 Å². The molecule has 0 fully saturated rings. The summed E-state index contributed by atoms with van der Waals surface area (Å²) in [5, 5.41) is 9.32. The summed E-state index contributed by atoms with van der Waals surface area (Å²) in [7, 11) is 0. The number of aromatic carboxylic acids is 1. The molecule has 20 heavy (non-hydrogen) atoms. The first-order valence-corrected chi connectivity index (χ1v) is 6.11. The zero-order valence-electron chi connectivity index (χ0n) is 11.1. The molecule has 0 radical (unpaired) electrons. The Morgan fingerprint density at radius 2 is 2.10 bits per heavy atom. The highest BCUT2D eigenvalue weighted by molar-refractivity contribution is 5.96. The van der Waals surface area contributed by atoms with Gasteiger partial charge in [0.2, 0.25) is 0 Å². The van der Waals surface area contributed by atoms with Crippen LogP contribution in [0, 0.1) is 6.92 Å². The lowest BCUT2D eigenvalue weighted by atomic mass is 10.0. The second-order valence-corrected chi connectivity index (χ2v) is 4.12. The predicted octanol–water partition coefficient (Wildman–Crippen LogP) is 1.84.